The molecule has 2 unspecified atom stereocenters. The normalized spacial score (nSPS) is 48.8. The molecule has 7 heteroatoms. The predicted octanol–water partition coefficient (Wildman–Crippen LogP) is 6.38. The van der Waals surface area contributed by atoms with Crippen molar-refractivity contribution < 1.29 is 19.5 Å². The van der Waals surface area contributed by atoms with Gasteiger partial charge in [0.1, 0.15) is 5.60 Å². The van der Waals surface area contributed by atoms with Gasteiger partial charge in [-0.3, -0.25) is 14.4 Å². The Morgan fingerprint density at radius 1 is 0.911 bits per heavy atom. The van der Waals surface area contributed by atoms with Crippen molar-refractivity contribution >= 4 is 17.5 Å². The van der Waals surface area contributed by atoms with E-state index in [2.05, 4.69) is 31.3 Å². The van der Waals surface area contributed by atoms with Crippen LogP contribution >= 0.6 is 0 Å². The quantitative estimate of drug-likeness (QED) is 0.372. The first kappa shape index (κ1) is 32.2. The summed E-state index contributed by atoms with van der Waals surface area (Å²) in [7, 11) is 0. The lowest BCUT2D eigenvalue weighted by molar-refractivity contribution is -0.255. The van der Waals surface area contributed by atoms with Gasteiger partial charge in [-0.25, -0.2) is 0 Å². The molecule has 0 aromatic heterocycles. The average molecular weight is 614 g/mol. The Balaban J connectivity index is 1.50. The van der Waals surface area contributed by atoms with E-state index in [0.29, 0.717) is 25.7 Å². The van der Waals surface area contributed by atoms with E-state index in [0.717, 1.165) is 44.1 Å². The monoisotopic (exact) mass is 613 g/mol. The van der Waals surface area contributed by atoms with Gasteiger partial charge in [-0.15, -0.1) is 0 Å². The number of amides is 1. The van der Waals surface area contributed by atoms with E-state index in [1.807, 2.05) is 33.8 Å². The summed E-state index contributed by atoms with van der Waals surface area (Å²) in [6.45, 7) is 14.1. The number of ketones is 2. The van der Waals surface area contributed by atoms with Gasteiger partial charge in [0, 0.05) is 28.2 Å². The van der Waals surface area contributed by atoms with Crippen molar-refractivity contribution in [3.63, 3.8) is 0 Å². The van der Waals surface area contributed by atoms with Crippen molar-refractivity contribution in [3.8, 4) is 12.1 Å². The molecule has 0 aromatic rings. The number of hydrogen-bond donors (Lipinski definition) is 2. The molecule has 6 aliphatic carbocycles. The van der Waals surface area contributed by atoms with Gasteiger partial charge in [-0.2, -0.15) is 10.5 Å². The number of nitrogens with zero attached hydrogens (tertiary/aromatic N) is 2. The summed E-state index contributed by atoms with van der Waals surface area (Å²) in [6, 6.07) is 4.88. The maximum atomic E-state index is 14.8. The summed E-state index contributed by atoms with van der Waals surface area (Å²) in [5.41, 5.74) is -5.62. The van der Waals surface area contributed by atoms with Gasteiger partial charge < -0.3 is 10.4 Å². The molecular weight excluding hydrogens is 562 g/mol. The molecule has 0 spiro atoms. The lowest BCUT2D eigenvalue weighted by atomic mass is 9.31. The number of aliphatic hydroxyl groups is 1. The number of hydrogen-bond acceptors (Lipinski definition) is 6. The van der Waals surface area contributed by atoms with Gasteiger partial charge in [0.15, 0.2) is 11.6 Å². The molecule has 4 fully saturated rings. The minimum atomic E-state index is -1.90. The first-order valence-electron chi connectivity index (χ1n) is 17.2. The van der Waals surface area contributed by atoms with Crippen LogP contribution in [-0.2, 0) is 14.4 Å². The van der Waals surface area contributed by atoms with Crippen LogP contribution < -0.4 is 5.32 Å². The van der Waals surface area contributed by atoms with Crippen molar-refractivity contribution in [3.05, 3.63) is 23.8 Å². The highest BCUT2D eigenvalue weighted by molar-refractivity contribution is 6.02. The third-order valence-corrected chi connectivity index (χ3v) is 15.1. The lowest BCUT2D eigenvalue weighted by Gasteiger charge is -2.72. The molecule has 1 amide bonds. The van der Waals surface area contributed by atoms with E-state index < -0.39 is 61.6 Å². The third-order valence-electron chi connectivity index (χ3n) is 15.1. The van der Waals surface area contributed by atoms with Crippen LogP contribution in [0.3, 0.4) is 0 Å². The zero-order chi connectivity index (χ0) is 33.0. The minimum absolute atomic E-state index is 0.00565. The number of rotatable bonds is 2. The Hall–Kier alpha value is -2.77. The average Bonchev–Trinajstić information content (AvgIpc) is 2.99. The Labute approximate surface area is 268 Å². The molecule has 0 aliphatic heterocycles. The first-order chi connectivity index (χ1) is 20.9. The second-order valence-electron chi connectivity index (χ2n) is 17.4. The van der Waals surface area contributed by atoms with Gasteiger partial charge in [-0.1, -0.05) is 66.9 Å². The van der Waals surface area contributed by atoms with Gasteiger partial charge in [0.2, 0.25) is 5.91 Å². The largest absolute Gasteiger partial charge is 0.381 e. The third kappa shape index (κ3) is 3.80. The molecule has 0 bridgehead atoms. The standard InChI is InChI=1S/C38H51N3O4/c1-32(2)26-13-16-35(5)27(34(26,4)15-14-28(32)42)19-29(43)38(45)30-25(22-40)37(7,31(44)41-24-11-9-8-10-12-24)23(21-39)20-33(30,3)17-18-36(35,38)6/h14-15,19,23-26,30,45H,8-13,16-18,20H2,1-7H3,(H,41,44)/t23?,25?,26-,30+,33-,34-,35+,36-,37-,38-/m0/s1. The molecule has 2 N–H and O–H groups in total. The summed E-state index contributed by atoms with van der Waals surface area (Å²) >= 11 is 0. The van der Waals surface area contributed by atoms with Crippen molar-refractivity contribution in [1.29, 1.82) is 10.5 Å². The van der Waals surface area contributed by atoms with Crippen LogP contribution in [0.15, 0.2) is 23.8 Å². The van der Waals surface area contributed by atoms with Crippen LogP contribution in [0.25, 0.3) is 0 Å². The van der Waals surface area contributed by atoms with E-state index >= 15 is 0 Å². The second kappa shape index (κ2) is 9.87. The molecule has 10 atom stereocenters. The van der Waals surface area contributed by atoms with Crippen LogP contribution in [0.5, 0.6) is 0 Å². The number of carbonyl (C=O) groups excluding carboxylic acids is 3. The van der Waals surface area contributed by atoms with E-state index in [9.17, 15) is 30.0 Å². The summed E-state index contributed by atoms with van der Waals surface area (Å²) in [5.74, 6) is -3.16. The zero-order valence-corrected chi connectivity index (χ0v) is 28.3. The molecule has 6 aliphatic rings. The Morgan fingerprint density at radius 3 is 2.20 bits per heavy atom. The molecule has 4 saturated carbocycles. The topological polar surface area (TPSA) is 131 Å². The van der Waals surface area contributed by atoms with Crippen LogP contribution in [0.4, 0.5) is 0 Å². The van der Waals surface area contributed by atoms with Crippen molar-refractivity contribution in [2.75, 3.05) is 0 Å². The highest BCUT2D eigenvalue weighted by Gasteiger charge is 2.78. The Bertz CT molecular complexity index is 1490. The summed E-state index contributed by atoms with van der Waals surface area (Å²) in [4.78, 5) is 42.1. The van der Waals surface area contributed by atoms with Crippen LogP contribution in [0.2, 0.25) is 0 Å². The fourth-order valence-corrected chi connectivity index (χ4v) is 12.0. The molecule has 0 radical (unpaired) electrons. The van der Waals surface area contributed by atoms with Crippen molar-refractivity contribution in [2.45, 2.75) is 124 Å². The highest BCUT2D eigenvalue weighted by Crippen LogP contribution is 2.76. The summed E-state index contributed by atoms with van der Waals surface area (Å²) in [5, 5.41) is 38.0. The van der Waals surface area contributed by atoms with Crippen molar-refractivity contribution in [2.24, 2.45) is 56.2 Å². The lowest BCUT2D eigenvalue weighted by Crippen LogP contribution is -2.76. The van der Waals surface area contributed by atoms with Gasteiger partial charge in [-0.05, 0) is 86.3 Å². The molecule has 45 heavy (non-hydrogen) atoms. The van der Waals surface area contributed by atoms with Crippen LogP contribution in [0, 0.1) is 78.8 Å². The first-order valence-corrected chi connectivity index (χ1v) is 17.2. The highest BCUT2D eigenvalue weighted by atomic mass is 16.3. The van der Waals surface area contributed by atoms with Gasteiger partial charge >= 0.3 is 0 Å². The molecule has 7 nitrogen and oxygen atoms in total. The second-order valence-corrected chi connectivity index (χ2v) is 17.4. The Kier molecular flexibility index (Phi) is 7.06. The maximum Gasteiger partial charge on any atom is 0.228 e. The number of nitriles is 2. The van der Waals surface area contributed by atoms with Crippen molar-refractivity contribution in [1.82, 2.24) is 5.32 Å². The van der Waals surface area contributed by atoms with E-state index in [-0.39, 0.29) is 23.7 Å². The number of nitrogens with one attached hydrogen (secondary N) is 1. The fraction of sp³-hybridized carbons (Fsp3) is 0.763. The smallest absolute Gasteiger partial charge is 0.228 e. The molecule has 0 saturated heterocycles. The minimum Gasteiger partial charge on any atom is -0.381 e. The number of allylic oxidation sites excluding steroid dienone is 3. The van der Waals surface area contributed by atoms with Gasteiger partial charge in [0.05, 0.1) is 29.4 Å². The predicted molar refractivity (Wildman–Crippen MR) is 170 cm³/mol. The molecular formula is C38H51N3O4. The Morgan fingerprint density at radius 2 is 1.58 bits per heavy atom. The zero-order valence-electron chi connectivity index (χ0n) is 28.3. The molecule has 6 rings (SSSR count). The molecule has 242 valence electrons. The van der Waals surface area contributed by atoms with Crippen LogP contribution in [0.1, 0.15) is 113 Å². The van der Waals surface area contributed by atoms with E-state index in [1.165, 1.54) is 0 Å². The number of carbonyl (C=O) groups is 3. The number of fused-ring (bicyclic) bond motifs is 7. The summed E-state index contributed by atoms with van der Waals surface area (Å²) < 4.78 is 0. The SMILES string of the molecule is CC1(C)C(=O)C=C[C@]2(C)C3=CC(=O)[C@]4(O)[C@@H]5C(C#N)[C@@](C)(C(=O)NC6CCCCC6)C(C#N)C[C@]5(C)CC[C@@]4(C)[C@]3(C)CC[C@@H]12. The molecule has 0 heterocycles. The van der Waals surface area contributed by atoms with Gasteiger partial charge in [0.25, 0.3) is 0 Å². The van der Waals surface area contributed by atoms with E-state index in [4.69, 9.17) is 0 Å². The summed E-state index contributed by atoms with van der Waals surface area (Å²) in [6.07, 6.45) is 13.3. The van der Waals surface area contributed by atoms with Crippen LogP contribution in [-0.4, -0.2) is 34.2 Å². The fourth-order valence-electron chi connectivity index (χ4n) is 12.0. The maximum absolute atomic E-state index is 14.8. The van der Waals surface area contributed by atoms with E-state index in [1.54, 1.807) is 19.1 Å². The molecule has 0 aromatic carbocycles.